The Morgan fingerprint density at radius 1 is 1.11 bits per heavy atom. The molecule has 0 aliphatic heterocycles. The van der Waals surface area contributed by atoms with Crippen molar-refractivity contribution in [2.45, 2.75) is 46.6 Å². The maximum atomic E-state index is 13.1. The van der Waals surface area contributed by atoms with Crippen LogP contribution >= 0.6 is 11.3 Å². The Morgan fingerprint density at radius 3 is 2.39 bits per heavy atom. The molecule has 0 unspecified atom stereocenters. The molecule has 1 aromatic carbocycles. The van der Waals surface area contributed by atoms with Gasteiger partial charge in [0.05, 0.1) is 11.7 Å². The molecule has 5 nitrogen and oxygen atoms in total. The van der Waals surface area contributed by atoms with Crippen molar-refractivity contribution in [3.8, 4) is 11.1 Å². The number of thiophene rings is 1. The summed E-state index contributed by atoms with van der Waals surface area (Å²) in [4.78, 5) is 32.8. The number of carbonyl (C=O) groups excluding carboxylic acids is 1. The lowest BCUT2D eigenvalue weighted by Crippen LogP contribution is -2.37. The molecule has 0 aliphatic carbocycles. The number of hydrogen-bond donors (Lipinski definition) is 0. The van der Waals surface area contributed by atoms with E-state index in [1.165, 1.54) is 27.8 Å². The second-order valence-electron chi connectivity index (χ2n) is 6.94. The number of rotatable bonds is 8. The number of benzene rings is 1. The fourth-order valence-corrected chi connectivity index (χ4v) is 4.27. The number of aromatic nitrogens is 2. The molecule has 28 heavy (non-hydrogen) atoms. The summed E-state index contributed by atoms with van der Waals surface area (Å²) in [6.45, 7) is 7.68. The first-order valence-corrected chi connectivity index (χ1v) is 10.8. The molecular weight excluding hydrogens is 370 g/mol. The third kappa shape index (κ3) is 4.17. The summed E-state index contributed by atoms with van der Waals surface area (Å²) in [6.07, 6.45) is 4.28. The van der Waals surface area contributed by atoms with Crippen molar-refractivity contribution in [2.75, 3.05) is 13.1 Å². The lowest BCUT2D eigenvalue weighted by molar-refractivity contribution is -0.132. The Balaban J connectivity index is 1.96. The number of nitrogens with zero attached hydrogens (tertiary/aromatic N) is 3. The molecule has 0 saturated heterocycles. The van der Waals surface area contributed by atoms with Crippen molar-refractivity contribution in [1.82, 2.24) is 14.5 Å². The Bertz CT molecular complexity index is 999. The van der Waals surface area contributed by atoms with Crippen LogP contribution in [0.1, 0.15) is 39.2 Å². The van der Waals surface area contributed by atoms with Crippen LogP contribution < -0.4 is 5.56 Å². The summed E-state index contributed by atoms with van der Waals surface area (Å²) < 4.78 is 1.44. The Kier molecular flexibility index (Phi) is 6.62. The molecule has 0 bridgehead atoms. The van der Waals surface area contributed by atoms with E-state index in [4.69, 9.17) is 0 Å². The molecule has 0 radical (unpaired) electrons. The molecule has 148 valence electrons. The molecule has 2 aromatic heterocycles. The summed E-state index contributed by atoms with van der Waals surface area (Å²) in [6, 6.07) is 8.27. The second-order valence-corrected chi connectivity index (χ2v) is 7.80. The minimum atomic E-state index is -0.151. The molecule has 6 heteroatoms. The van der Waals surface area contributed by atoms with Gasteiger partial charge in [0.2, 0.25) is 5.91 Å². The topological polar surface area (TPSA) is 55.2 Å². The zero-order chi connectivity index (χ0) is 20.1. The van der Waals surface area contributed by atoms with Gasteiger partial charge in [0.25, 0.3) is 5.56 Å². The van der Waals surface area contributed by atoms with Gasteiger partial charge in [-0.1, -0.05) is 45.0 Å². The molecule has 0 spiro atoms. The number of hydrogen-bond acceptors (Lipinski definition) is 4. The molecule has 0 atom stereocenters. The normalized spacial score (nSPS) is 11.1. The lowest BCUT2D eigenvalue weighted by Gasteiger charge is -2.21. The molecule has 1 amide bonds. The molecule has 3 aromatic rings. The predicted molar refractivity (Wildman–Crippen MR) is 116 cm³/mol. The van der Waals surface area contributed by atoms with Crippen LogP contribution in [0.4, 0.5) is 0 Å². The summed E-state index contributed by atoms with van der Waals surface area (Å²) in [5.74, 6) is -0.0315. The van der Waals surface area contributed by atoms with Crippen LogP contribution in [-0.2, 0) is 17.8 Å². The average Bonchev–Trinajstić information content (AvgIpc) is 3.15. The van der Waals surface area contributed by atoms with Gasteiger partial charge in [-0.15, -0.1) is 11.3 Å². The first-order valence-electron chi connectivity index (χ1n) is 9.92. The summed E-state index contributed by atoms with van der Waals surface area (Å²) >= 11 is 1.46. The van der Waals surface area contributed by atoms with E-state index in [-0.39, 0.29) is 18.0 Å². The van der Waals surface area contributed by atoms with E-state index in [0.717, 1.165) is 30.4 Å². The van der Waals surface area contributed by atoms with Crippen LogP contribution in [0.2, 0.25) is 0 Å². The minimum absolute atomic E-state index is 0.0315. The van der Waals surface area contributed by atoms with Crippen molar-refractivity contribution in [1.29, 1.82) is 0 Å². The van der Waals surface area contributed by atoms with E-state index < -0.39 is 0 Å². The molecular formula is C22H27N3O2S. The quantitative estimate of drug-likeness (QED) is 0.568. The van der Waals surface area contributed by atoms with Crippen molar-refractivity contribution in [2.24, 2.45) is 0 Å². The molecule has 0 saturated carbocycles. The van der Waals surface area contributed by atoms with Gasteiger partial charge in [0.15, 0.2) is 0 Å². The predicted octanol–water partition coefficient (Wildman–Crippen LogP) is 4.34. The highest BCUT2D eigenvalue weighted by Gasteiger charge is 2.17. The van der Waals surface area contributed by atoms with Gasteiger partial charge in [-0.05, 0) is 30.4 Å². The first-order chi connectivity index (χ1) is 13.6. The van der Waals surface area contributed by atoms with E-state index in [1.807, 2.05) is 22.4 Å². The Morgan fingerprint density at radius 2 is 1.79 bits per heavy atom. The average molecular weight is 398 g/mol. The zero-order valence-corrected chi connectivity index (χ0v) is 17.6. The third-order valence-electron chi connectivity index (χ3n) is 4.88. The minimum Gasteiger partial charge on any atom is -0.341 e. The van der Waals surface area contributed by atoms with Crippen molar-refractivity contribution < 1.29 is 4.79 Å². The highest BCUT2D eigenvalue weighted by molar-refractivity contribution is 7.17. The van der Waals surface area contributed by atoms with Gasteiger partial charge in [-0.3, -0.25) is 14.2 Å². The summed E-state index contributed by atoms with van der Waals surface area (Å²) in [7, 11) is 0. The number of amides is 1. The Labute approximate surface area is 169 Å². The monoisotopic (exact) mass is 397 g/mol. The van der Waals surface area contributed by atoms with Crippen LogP contribution in [0.15, 0.2) is 40.8 Å². The second kappa shape index (κ2) is 9.15. The lowest BCUT2D eigenvalue weighted by atomic mass is 10.0. The van der Waals surface area contributed by atoms with Crippen LogP contribution in [0.3, 0.4) is 0 Å². The fraction of sp³-hybridized carbons (Fsp3) is 0.409. The van der Waals surface area contributed by atoms with E-state index in [9.17, 15) is 9.59 Å². The van der Waals surface area contributed by atoms with Crippen LogP contribution in [0.25, 0.3) is 21.3 Å². The van der Waals surface area contributed by atoms with Crippen molar-refractivity contribution >= 4 is 27.5 Å². The molecule has 0 fully saturated rings. The van der Waals surface area contributed by atoms with Crippen LogP contribution in [-0.4, -0.2) is 33.4 Å². The SMILES string of the molecule is CCCN(CCC)C(=O)Cn1cnc2scc(-c3ccc(CC)cc3)c2c1=O. The molecule has 0 aliphatic rings. The smallest absolute Gasteiger partial charge is 0.263 e. The zero-order valence-electron chi connectivity index (χ0n) is 16.8. The molecule has 2 heterocycles. The van der Waals surface area contributed by atoms with Gasteiger partial charge in [0.1, 0.15) is 11.4 Å². The summed E-state index contributed by atoms with van der Waals surface area (Å²) in [5.41, 5.74) is 3.00. The number of aryl methyl sites for hydroxylation is 1. The van der Waals surface area contributed by atoms with Crippen molar-refractivity contribution in [3.63, 3.8) is 0 Å². The van der Waals surface area contributed by atoms with E-state index in [0.29, 0.717) is 23.3 Å². The standard InChI is InChI=1S/C22H27N3O2S/c1-4-11-24(12-5-2)19(26)13-25-15-23-21-20(22(25)27)18(14-28-21)17-9-7-16(6-3)8-10-17/h7-10,14-15H,4-6,11-13H2,1-3H3. The van der Waals surface area contributed by atoms with E-state index in [1.54, 1.807) is 0 Å². The highest BCUT2D eigenvalue weighted by atomic mass is 32.1. The van der Waals surface area contributed by atoms with Gasteiger partial charge in [-0.2, -0.15) is 0 Å². The maximum absolute atomic E-state index is 13.1. The van der Waals surface area contributed by atoms with Crippen LogP contribution in [0.5, 0.6) is 0 Å². The van der Waals surface area contributed by atoms with Gasteiger partial charge < -0.3 is 4.90 Å². The third-order valence-corrected chi connectivity index (χ3v) is 5.77. The van der Waals surface area contributed by atoms with E-state index >= 15 is 0 Å². The molecule has 0 N–H and O–H groups in total. The van der Waals surface area contributed by atoms with Gasteiger partial charge in [-0.25, -0.2) is 4.98 Å². The van der Waals surface area contributed by atoms with Crippen molar-refractivity contribution in [3.05, 3.63) is 51.9 Å². The molecule has 3 rings (SSSR count). The van der Waals surface area contributed by atoms with Crippen LogP contribution in [0, 0.1) is 0 Å². The van der Waals surface area contributed by atoms with Gasteiger partial charge in [0, 0.05) is 24.0 Å². The van der Waals surface area contributed by atoms with E-state index in [2.05, 4.69) is 37.9 Å². The highest BCUT2D eigenvalue weighted by Crippen LogP contribution is 2.30. The number of fused-ring (bicyclic) bond motifs is 1. The summed E-state index contributed by atoms with van der Waals surface area (Å²) in [5, 5.41) is 2.58. The first kappa shape index (κ1) is 20.3. The maximum Gasteiger partial charge on any atom is 0.263 e. The Hall–Kier alpha value is -2.47. The van der Waals surface area contributed by atoms with Gasteiger partial charge >= 0.3 is 0 Å². The fourth-order valence-electron chi connectivity index (χ4n) is 3.36. The largest absolute Gasteiger partial charge is 0.341 e. The number of carbonyl (C=O) groups is 1.